The molecule has 27 heavy (non-hydrogen) atoms. The van der Waals surface area contributed by atoms with Crippen LogP contribution in [0.1, 0.15) is 24.0 Å². The second-order valence-electron chi connectivity index (χ2n) is 6.46. The van der Waals surface area contributed by atoms with Gasteiger partial charge in [0.1, 0.15) is 5.75 Å². The van der Waals surface area contributed by atoms with E-state index in [1.54, 1.807) is 24.1 Å². The number of hydrogen-bond donors (Lipinski definition) is 1. The SMILES string of the molecule is COCc1ccc(CNC(=O)COc2ccc(N3CCCC3=O)cc2)cc1. The van der Waals surface area contributed by atoms with Gasteiger partial charge in [0.05, 0.1) is 6.61 Å². The predicted molar refractivity (Wildman–Crippen MR) is 103 cm³/mol. The molecule has 1 heterocycles. The van der Waals surface area contributed by atoms with Crippen molar-refractivity contribution in [2.24, 2.45) is 0 Å². The zero-order valence-corrected chi connectivity index (χ0v) is 15.4. The van der Waals surface area contributed by atoms with Crippen molar-refractivity contribution in [3.8, 4) is 5.75 Å². The first-order chi connectivity index (χ1) is 13.2. The van der Waals surface area contributed by atoms with Gasteiger partial charge in [-0.2, -0.15) is 0 Å². The molecule has 0 bridgehead atoms. The van der Waals surface area contributed by atoms with Crippen LogP contribution in [0.5, 0.6) is 5.75 Å². The Balaban J connectivity index is 1.42. The fourth-order valence-corrected chi connectivity index (χ4v) is 2.96. The number of benzene rings is 2. The maximum atomic E-state index is 12.0. The van der Waals surface area contributed by atoms with Crippen molar-refractivity contribution in [3.63, 3.8) is 0 Å². The maximum Gasteiger partial charge on any atom is 0.258 e. The lowest BCUT2D eigenvalue weighted by Crippen LogP contribution is -2.28. The highest BCUT2D eigenvalue weighted by Crippen LogP contribution is 2.23. The number of ether oxygens (including phenoxy) is 2. The van der Waals surface area contributed by atoms with Crippen molar-refractivity contribution in [3.05, 3.63) is 59.7 Å². The van der Waals surface area contributed by atoms with E-state index in [0.717, 1.165) is 29.8 Å². The van der Waals surface area contributed by atoms with Crippen molar-refractivity contribution < 1.29 is 19.1 Å². The highest BCUT2D eigenvalue weighted by atomic mass is 16.5. The molecule has 1 fully saturated rings. The fourth-order valence-electron chi connectivity index (χ4n) is 2.96. The topological polar surface area (TPSA) is 67.9 Å². The van der Waals surface area contributed by atoms with E-state index < -0.39 is 0 Å². The predicted octanol–water partition coefficient (Wildman–Crippen LogP) is 2.66. The summed E-state index contributed by atoms with van der Waals surface area (Å²) in [6.45, 7) is 1.73. The lowest BCUT2D eigenvalue weighted by molar-refractivity contribution is -0.123. The summed E-state index contributed by atoms with van der Waals surface area (Å²) in [7, 11) is 1.66. The van der Waals surface area contributed by atoms with E-state index in [1.807, 2.05) is 36.4 Å². The van der Waals surface area contributed by atoms with Crippen LogP contribution < -0.4 is 15.0 Å². The summed E-state index contributed by atoms with van der Waals surface area (Å²) in [4.78, 5) is 25.5. The summed E-state index contributed by atoms with van der Waals surface area (Å²) in [6.07, 6.45) is 1.50. The third kappa shape index (κ3) is 5.31. The summed E-state index contributed by atoms with van der Waals surface area (Å²) in [5.74, 6) is 0.567. The van der Waals surface area contributed by atoms with Gasteiger partial charge in [0.15, 0.2) is 6.61 Å². The monoisotopic (exact) mass is 368 g/mol. The van der Waals surface area contributed by atoms with Crippen LogP contribution in [0.15, 0.2) is 48.5 Å². The van der Waals surface area contributed by atoms with Gasteiger partial charge in [0, 0.05) is 32.3 Å². The summed E-state index contributed by atoms with van der Waals surface area (Å²) < 4.78 is 10.6. The molecule has 142 valence electrons. The molecule has 1 N–H and O–H groups in total. The van der Waals surface area contributed by atoms with Gasteiger partial charge in [-0.1, -0.05) is 24.3 Å². The Morgan fingerprint density at radius 2 is 1.78 bits per heavy atom. The van der Waals surface area contributed by atoms with E-state index in [-0.39, 0.29) is 18.4 Å². The zero-order valence-electron chi connectivity index (χ0n) is 15.4. The third-order valence-electron chi connectivity index (χ3n) is 4.42. The molecular weight excluding hydrogens is 344 g/mol. The van der Waals surface area contributed by atoms with Gasteiger partial charge in [-0.3, -0.25) is 9.59 Å². The number of carbonyl (C=O) groups is 2. The largest absolute Gasteiger partial charge is 0.484 e. The second kappa shape index (κ2) is 9.19. The highest BCUT2D eigenvalue weighted by Gasteiger charge is 2.21. The number of hydrogen-bond acceptors (Lipinski definition) is 4. The lowest BCUT2D eigenvalue weighted by Gasteiger charge is -2.16. The third-order valence-corrected chi connectivity index (χ3v) is 4.42. The molecule has 0 aliphatic carbocycles. The molecule has 1 aliphatic heterocycles. The number of nitrogens with one attached hydrogen (secondary N) is 1. The van der Waals surface area contributed by atoms with Crippen LogP contribution in [0.25, 0.3) is 0 Å². The second-order valence-corrected chi connectivity index (χ2v) is 6.46. The van der Waals surface area contributed by atoms with Crippen molar-refractivity contribution >= 4 is 17.5 Å². The Morgan fingerprint density at radius 1 is 1.07 bits per heavy atom. The molecular formula is C21H24N2O4. The maximum absolute atomic E-state index is 12.0. The van der Waals surface area contributed by atoms with E-state index in [9.17, 15) is 9.59 Å². The van der Waals surface area contributed by atoms with Gasteiger partial charge in [0.2, 0.25) is 5.91 Å². The molecule has 2 aromatic rings. The molecule has 3 rings (SSSR count). The summed E-state index contributed by atoms with van der Waals surface area (Å²) >= 11 is 0. The Bertz CT molecular complexity index is 772. The van der Waals surface area contributed by atoms with Crippen LogP contribution in [0.3, 0.4) is 0 Å². The van der Waals surface area contributed by atoms with Gasteiger partial charge in [-0.15, -0.1) is 0 Å². The summed E-state index contributed by atoms with van der Waals surface area (Å²) in [6, 6.07) is 15.1. The van der Waals surface area contributed by atoms with Gasteiger partial charge < -0.3 is 19.7 Å². The molecule has 0 aromatic heterocycles. The molecule has 2 amide bonds. The minimum atomic E-state index is -0.185. The summed E-state index contributed by atoms with van der Waals surface area (Å²) in [5, 5.41) is 2.83. The molecule has 1 aliphatic rings. The van der Waals surface area contributed by atoms with Gasteiger partial charge in [-0.25, -0.2) is 0 Å². The van der Waals surface area contributed by atoms with Crippen LogP contribution in [-0.2, 0) is 27.5 Å². The summed E-state index contributed by atoms with van der Waals surface area (Å²) in [5.41, 5.74) is 2.98. The van der Waals surface area contributed by atoms with Crippen LogP contribution >= 0.6 is 0 Å². The fraction of sp³-hybridized carbons (Fsp3) is 0.333. The van der Waals surface area contributed by atoms with Crippen molar-refractivity contribution in [2.45, 2.75) is 26.0 Å². The number of amides is 2. The van der Waals surface area contributed by atoms with E-state index in [1.165, 1.54) is 0 Å². The Morgan fingerprint density at radius 3 is 2.41 bits per heavy atom. The number of nitrogens with zero attached hydrogens (tertiary/aromatic N) is 1. The molecule has 1 saturated heterocycles. The van der Waals surface area contributed by atoms with Crippen molar-refractivity contribution in [1.82, 2.24) is 5.32 Å². The van der Waals surface area contributed by atoms with Crippen molar-refractivity contribution in [1.29, 1.82) is 0 Å². The minimum Gasteiger partial charge on any atom is -0.484 e. The van der Waals surface area contributed by atoms with E-state index in [4.69, 9.17) is 9.47 Å². The lowest BCUT2D eigenvalue weighted by atomic mass is 10.1. The number of anilines is 1. The number of methoxy groups -OCH3 is 1. The molecule has 2 aromatic carbocycles. The van der Waals surface area contributed by atoms with Gasteiger partial charge in [0.25, 0.3) is 5.91 Å². The van der Waals surface area contributed by atoms with E-state index in [0.29, 0.717) is 25.3 Å². The Labute approximate surface area is 159 Å². The van der Waals surface area contributed by atoms with Crippen molar-refractivity contribution in [2.75, 3.05) is 25.2 Å². The smallest absolute Gasteiger partial charge is 0.258 e. The molecule has 0 saturated carbocycles. The van der Waals surface area contributed by atoms with Crippen LogP contribution in [0.2, 0.25) is 0 Å². The molecule has 0 unspecified atom stereocenters. The molecule has 0 spiro atoms. The first kappa shape index (κ1) is 18.9. The standard InChI is InChI=1S/C21H24N2O4/c1-26-14-17-6-4-16(5-7-17)13-22-20(24)15-27-19-10-8-18(9-11-19)23-12-2-3-21(23)25/h4-11H,2-3,12-15H2,1H3,(H,22,24). The first-order valence-corrected chi connectivity index (χ1v) is 9.02. The molecule has 6 nitrogen and oxygen atoms in total. The normalized spacial score (nSPS) is 13.7. The highest BCUT2D eigenvalue weighted by molar-refractivity contribution is 5.95. The first-order valence-electron chi connectivity index (χ1n) is 9.02. The zero-order chi connectivity index (χ0) is 19.1. The number of rotatable bonds is 8. The number of carbonyl (C=O) groups excluding carboxylic acids is 2. The van der Waals surface area contributed by atoms with E-state index >= 15 is 0 Å². The van der Waals surface area contributed by atoms with Gasteiger partial charge >= 0.3 is 0 Å². The molecule has 6 heteroatoms. The molecule has 0 radical (unpaired) electrons. The Hall–Kier alpha value is -2.86. The average molecular weight is 368 g/mol. The average Bonchev–Trinajstić information content (AvgIpc) is 3.12. The van der Waals surface area contributed by atoms with Crippen LogP contribution in [-0.4, -0.2) is 32.1 Å². The van der Waals surface area contributed by atoms with Gasteiger partial charge in [-0.05, 0) is 41.8 Å². The Kier molecular flexibility index (Phi) is 6.44. The van der Waals surface area contributed by atoms with E-state index in [2.05, 4.69) is 5.32 Å². The van der Waals surface area contributed by atoms with Crippen LogP contribution in [0, 0.1) is 0 Å². The van der Waals surface area contributed by atoms with Crippen LogP contribution in [0.4, 0.5) is 5.69 Å². The minimum absolute atomic E-state index is 0.0518. The quantitative estimate of drug-likeness (QED) is 0.778. The molecule has 0 atom stereocenters.